The van der Waals surface area contributed by atoms with Gasteiger partial charge in [-0.2, -0.15) is 0 Å². The van der Waals surface area contributed by atoms with Crippen molar-refractivity contribution in [2.24, 2.45) is 5.92 Å². The van der Waals surface area contributed by atoms with Crippen molar-refractivity contribution < 1.29 is 28.2 Å². The van der Waals surface area contributed by atoms with Gasteiger partial charge in [-0.1, -0.05) is 30.3 Å². The summed E-state index contributed by atoms with van der Waals surface area (Å²) in [4.78, 5) is 27.1. The zero-order chi connectivity index (χ0) is 27.9. The number of benzene rings is 3. The summed E-state index contributed by atoms with van der Waals surface area (Å²) in [6, 6.07) is 19.2. The number of Topliss-reactive ketones (excluding diaryl/α,β-unsaturated/α-hetero) is 1. The molecule has 3 aromatic carbocycles. The van der Waals surface area contributed by atoms with E-state index in [0.717, 1.165) is 28.2 Å². The fourth-order valence-electron chi connectivity index (χ4n) is 5.21. The summed E-state index contributed by atoms with van der Waals surface area (Å²) in [6.07, 6.45) is 1.04. The first-order valence-corrected chi connectivity index (χ1v) is 13.3. The molecule has 0 heterocycles. The topological polar surface area (TPSA) is 65.1 Å². The number of aryl methyl sites for hydroxylation is 1. The highest BCUT2D eigenvalue weighted by Gasteiger charge is 2.36. The zero-order valence-electron chi connectivity index (χ0n) is 23.0. The molecule has 1 saturated carbocycles. The number of ketones is 1. The van der Waals surface area contributed by atoms with E-state index >= 15 is 4.39 Å². The molecule has 206 valence electrons. The van der Waals surface area contributed by atoms with E-state index in [1.54, 1.807) is 21.1 Å². The summed E-state index contributed by atoms with van der Waals surface area (Å²) < 4.78 is 32.0. The van der Waals surface area contributed by atoms with Crippen LogP contribution in [0.15, 0.2) is 60.7 Å². The smallest absolute Gasteiger partial charge is 0.316 e. The number of hydrogen-bond acceptors (Lipinski definition) is 6. The van der Waals surface area contributed by atoms with Crippen molar-refractivity contribution in [3.63, 3.8) is 0 Å². The lowest BCUT2D eigenvalue weighted by Gasteiger charge is -2.30. The van der Waals surface area contributed by atoms with E-state index in [1.807, 2.05) is 72.5 Å². The zero-order valence-corrected chi connectivity index (χ0v) is 23.0. The third kappa shape index (κ3) is 6.77. The number of ether oxygens (including phenoxy) is 3. The van der Waals surface area contributed by atoms with Crippen LogP contribution in [0.3, 0.4) is 0 Å². The number of anilines is 1. The summed E-state index contributed by atoms with van der Waals surface area (Å²) >= 11 is 0. The molecule has 0 spiro atoms. The van der Waals surface area contributed by atoms with Crippen molar-refractivity contribution in [1.82, 2.24) is 0 Å². The molecular weight excluding hydrogens is 497 g/mol. The van der Waals surface area contributed by atoms with Gasteiger partial charge in [-0.15, -0.1) is 0 Å². The second kappa shape index (κ2) is 12.8. The Morgan fingerprint density at radius 2 is 1.49 bits per heavy atom. The average molecular weight is 534 g/mol. The minimum absolute atomic E-state index is 0.125. The lowest BCUT2D eigenvalue weighted by atomic mass is 9.77. The maximum absolute atomic E-state index is 16.3. The first-order valence-electron chi connectivity index (χ1n) is 13.3. The molecule has 0 aromatic heterocycles. The van der Waals surface area contributed by atoms with Gasteiger partial charge in [0.1, 0.15) is 29.0 Å². The van der Waals surface area contributed by atoms with Crippen LogP contribution < -0.4 is 14.4 Å². The van der Waals surface area contributed by atoms with Crippen molar-refractivity contribution >= 4 is 17.4 Å². The Balaban J connectivity index is 1.66. The summed E-state index contributed by atoms with van der Waals surface area (Å²) in [5.41, 5.74) is 3.94. The molecule has 0 radical (unpaired) electrons. The molecule has 0 bridgehead atoms. The first-order chi connectivity index (χ1) is 18.8. The minimum Gasteiger partial charge on any atom is -0.497 e. The van der Waals surface area contributed by atoms with E-state index in [1.165, 1.54) is 0 Å². The monoisotopic (exact) mass is 533 g/mol. The van der Waals surface area contributed by atoms with Crippen LogP contribution in [0, 0.1) is 18.7 Å². The van der Waals surface area contributed by atoms with Crippen LogP contribution in [0.4, 0.5) is 10.1 Å². The Morgan fingerprint density at radius 3 is 1.97 bits per heavy atom. The van der Waals surface area contributed by atoms with Gasteiger partial charge in [-0.05, 0) is 85.2 Å². The van der Waals surface area contributed by atoms with Crippen molar-refractivity contribution in [2.45, 2.75) is 52.1 Å². The number of methoxy groups -OCH3 is 2. The molecule has 2 atom stereocenters. The average Bonchev–Trinajstić information content (AvgIpc) is 2.94. The highest BCUT2D eigenvalue weighted by molar-refractivity contribution is 5.99. The van der Waals surface area contributed by atoms with Gasteiger partial charge in [0.2, 0.25) is 0 Å². The van der Waals surface area contributed by atoms with Crippen molar-refractivity contribution in [1.29, 1.82) is 0 Å². The number of carbonyl (C=O) groups excluding carboxylic acids is 2. The van der Waals surface area contributed by atoms with Gasteiger partial charge in [0.05, 0.1) is 26.5 Å². The molecule has 3 aromatic rings. The summed E-state index contributed by atoms with van der Waals surface area (Å²) in [5, 5.41) is 0. The second-order valence-corrected chi connectivity index (χ2v) is 9.99. The molecule has 1 aliphatic rings. The van der Waals surface area contributed by atoms with Crippen LogP contribution in [-0.4, -0.2) is 32.6 Å². The predicted molar refractivity (Wildman–Crippen MR) is 149 cm³/mol. The van der Waals surface area contributed by atoms with Gasteiger partial charge < -0.3 is 19.1 Å². The summed E-state index contributed by atoms with van der Waals surface area (Å²) in [5.74, 6) is -0.507. The first kappa shape index (κ1) is 28.1. The van der Waals surface area contributed by atoms with Crippen LogP contribution >= 0.6 is 0 Å². The van der Waals surface area contributed by atoms with Gasteiger partial charge in [-0.25, -0.2) is 4.39 Å². The van der Waals surface area contributed by atoms with E-state index in [0.29, 0.717) is 37.2 Å². The van der Waals surface area contributed by atoms with E-state index in [2.05, 4.69) is 0 Å². The van der Waals surface area contributed by atoms with E-state index in [4.69, 9.17) is 14.2 Å². The fourth-order valence-corrected chi connectivity index (χ4v) is 5.21. The van der Waals surface area contributed by atoms with Crippen LogP contribution in [0.1, 0.15) is 54.4 Å². The van der Waals surface area contributed by atoms with Gasteiger partial charge >= 0.3 is 5.97 Å². The highest BCUT2D eigenvalue weighted by atomic mass is 19.1. The van der Waals surface area contributed by atoms with Gasteiger partial charge in [-0.3, -0.25) is 9.59 Å². The van der Waals surface area contributed by atoms with Crippen LogP contribution in [-0.2, 0) is 27.4 Å². The maximum atomic E-state index is 16.3. The number of halogens is 1. The third-order valence-electron chi connectivity index (χ3n) is 7.28. The third-order valence-corrected chi connectivity index (χ3v) is 7.28. The van der Waals surface area contributed by atoms with Crippen molar-refractivity contribution in [3.8, 4) is 11.5 Å². The molecule has 1 aliphatic carbocycles. The molecule has 4 rings (SSSR count). The number of hydrogen-bond donors (Lipinski definition) is 0. The molecule has 1 fully saturated rings. The van der Waals surface area contributed by atoms with E-state index < -0.39 is 11.9 Å². The molecule has 2 unspecified atom stereocenters. The van der Waals surface area contributed by atoms with Crippen molar-refractivity contribution in [2.75, 3.05) is 25.7 Å². The quantitative estimate of drug-likeness (QED) is 0.223. The molecule has 0 N–H and O–H groups in total. The normalized spacial score (nSPS) is 17.0. The molecule has 6 nitrogen and oxygen atoms in total. The molecular formula is C32H36FNO5. The number of esters is 1. The Hall–Kier alpha value is -3.87. The SMILES string of the molecule is CCOC(=O)C1CCC(c2cc(C)cc(N(Cc3ccc(OC)cc3)Cc3ccc(OC)cc3)c2F)CC1=O. The fraction of sp³-hybridized carbons (Fsp3) is 0.375. The van der Waals surface area contributed by atoms with Gasteiger partial charge in [0, 0.05) is 19.5 Å². The summed E-state index contributed by atoms with van der Waals surface area (Å²) in [7, 11) is 3.25. The van der Waals surface area contributed by atoms with Crippen molar-refractivity contribution in [3.05, 3.63) is 88.7 Å². The minimum atomic E-state index is -0.754. The van der Waals surface area contributed by atoms with Crippen LogP contribution in [0.5, 0.6) is 11.5 Å². The Labute approximate surface area is 229 Å². The number of carbonyl (C=O) groups is 2. The Bertz CT molecular complexity index is 1240. The van der Waals surface area contributed by atoms with Crippen LogP contribution in [0.25, 0.3) is 0 Å². The molecule has 0 amide bonds. The van der Waals surface area contributed by atoms with E-state index in [9.17, 15) is 9.59 Å². The second-order valence-electron chi connectivity index (χ2n) is 9.99. The van der Waals surface area contributed by atoms with Gasteiger partial charge in [0.15, 0.2) is 0 Å². The largest absolute Gasteiger partial charge is 0.497 e. The van der Waals surface area contributed by atoms with Crippen LogP contribution in [0.2, 0.25) is 0 Å². The number of nitrogens with zero attached hydrogens (tertiary/aromatic N) is 1. The predicted octanol–water partition coefficient (Wildman–Crippen LogP) is 6.37. The molecule has 0 saturated heterocycles. The number of rotatable bonds is 10. The molecule has 0 aliphatic heterocycles. The lowest BCUT2D eigenvalue weighted by Crippen LogP contribution is -2.32. The standard InChI is InChI=1S/C32H36FNO5/c1-5-39-32(36)27-15-10-24(18-30(27)35)28-16-21(2)17-29(31(28)33)34(19-22-6-11-25(37-3)12-7-22)20-23-8-13-26(38-4)14-9-23/h6-9,11-14,16-17,24,27H,5,10,15,18-20H2,1-4H3. The highest BCUT2D eigenvalue weighted by Crippen LogP contribution is 2.39. The van der Waals surface area contributed by atoms with E-state index in [-0.39, 0.29) is 30.5 Å². The maximum Gasteiger partial charge on any atom is 0.316 e. The van der Waals surface area contributed by atoms with Gasteiger partial charge in [0.25, 0.3) is 0 Å². The Morgan fingerprint density at radius 1 is 0.923 bits per heavy atom. The summed E-state index contributed by atoms with van der Waals surface area (Å²) in [6.45, 7) is 4.85. The molecule has 7 heteroatoms. The lowest BCUT2D eigenvalue weighted by molar-refractivity contribution is -0.153. The Kier molecular flexibility index (Phi) is 9.23. The molecule has 39 heavy (non-hydrogen) atoms.